The molecule has 0 bridgehead atoms. The lowest BCUT2D eigenvalue weighted by atomic mass is 10.1. The van der Waals surface area contributed by atoms with Gasteiger partial charge >= 0.3 is 0 Å². The molecule has 1 aliphatic rings. The van der Waals surface area contributed by atoms with Crippen LogP contribution in [0.5, 0.6) is 0 Å². The molecule has 1 aliphatic heterocycles. The van der Waals surface area contributed by atoms with Gasteiger partial charge < -0.3 is 11.1 Å². The number of piperidine rings is 1. The third-order valence-corrected chi connectivity index (χ3v) is 4.74. The van der Waals surface area contributed by atoms with Crippen LogP contribution in [0.4, 0.5) is 0 Å². The molecule has 1 aromatic carbocycles. The molecule has 20 heavy (non-hydrogen) atoms. The van der Waals surface area contributed by atoms with Crippen LogP contribution in [-0.4, -0.2) is 33.5 Å². The standard InChI is InChI=1S/C13H19N3O3S/c14-8-7-10-3-5-11(6-4-10)20(18,19)16-12-2-1-9-15-13(12)17/h3-6,12,16H,1-2,7-9,14H2,(H,15,17). The van der Waals surface area contributed by atoms with Gasteiger partial charge in [0.05, 0.1) is 4.90 Å². The quantitative estimate of drug-likeness (QED) is 0.697. The largest absolute Gasteiger partial charge is 0.355 e. The monoisotopic (exact) mass is 297 g/mol. The van der Waals surface area contributed by atoms with Gasteiger partial charge in [0.2, 0.25) is 15.9 Å². The summed E-state index contributed by atoms with van der Waals surface area (Å²) in [6.07, 6.45) is 2.00. The molecular weight excluding hydrogens is 278 g/mol. The van der Waals surface area contributed by atoms with E-state index in [0.717, 1.165) is 12.0 Å². The van der Waals surface area contributed by atoms with Gasteiger partial charge in [0, 0.05) is 6.54 Å². The minimum absolute atomic E-state index is 0.164. The zero-order valence-electron chi connectivity index (χ0n) is 11.1. The topological polar surface area (TPSA) is 101 Å². The highest BCUT2D eigenvalue weighted by atomic mass is 32.2. The Balaban J connectivity index is 2.11. The molecule has 1 unspecified atom stereocenters. The first-order valence-corrected chi connectivity index (χ1v) is 8.10. The van der Waals surface area contributed by atoms with Gasteiger partial charge in [-0.15, -0.1) is 0 Å². The van der Waals surface area contributed by atoms with E-state index in [9.17, 15) is 13.2 Å². The second-order valence-electron chi connectivity index (χ2n) is 4.79. The van der Waals surface area contributed by atoms with Crippen molar-refractivity contribution in [3.05, 3.63) is 29.8 Å². The van der Waals surface area contributed by atoms with Crippen molar-refractivity contribution in [1.29, 1.82) is 0 Å². The van der Waals surface area contributed by atoms with E-state index in [4.69, 9.17) is 5.73 Å². The molecule has 2 rings (SSSR count). The van der Waals surface area contributed by atoms with Gasteiger partial charge in [0.1, 0.15) is 6.04 Å². The van der Waals surface area contributed by atoms with Gasteiger partial charge in [-0.1, -0.05) is 12.1 Å². The summed E-state index contributed by atoms with van der Waals surface area (Å²) in [5.41, 5.74) is 6.44. The lowest BCUT2D eigenvalue weighted by Crippen LogP contribution is -2.50. The number of amides is 1. The molecule has 1 heterocycles. The Morgan fingerprint density at radius 1 is 1.30 bits per heavy atom. The fraction of sp³-hybridized carbons (Fsp3) is 0.462. The Morgan fingerprint density at radius 2 is 2.00 bits per heavy atom. The van der Waals surface area contributed by atoms with Crippen LogP contribution in [0.3, 0.4) is 0 Å². The Kier molecular flexibility index (Phi) is 4.74. The second-order valence-corrected chi connectivity index (χ2v) is 6.50. The van der Waals surface area contributed by atoms with Gasteiger partial charge in [-0.3, -0.25) is 4.79 Å². The third kappa shape index (κ3) is 3.56. The van der Waals surface area contributed by atoms with E-state index < -0.39 is 16.1 Å². The van der Waals surface area contributed by atoms with Crippen molar-refractivity contribution in [3.63, 3.8) is 0 Å². The summed E-state index contributed by atoms with van der Waals surface area (Å²) in [5, 5.41) is 2.65. The number of hydrogen-bond acceptors (Lipinski definition) is 4. The highest BCUT2D eigenvalue weighted by Crippen LogP contribution is 2.13. The van der Waals surface area contributed by atoms with Crippen molar-refractivity contribution in [2.24, 2.45) is 5.73 Å². The number of nitrogens with two attached hydrogens (primary N) is 1. The van der Waals surface area contributed by atoms with Gasteiger partial charge in [-0.05, 0) is 43.5 Å². The first-order chi connectivity index (χ1) is 9.53. The first kappa shape index (κ1) is 15.0. The fourth-order valence-electron chi connectivity index (χ4n) is 2.14. The van der Waals surface area contributed by atoms with Crippen LogP contribution in [0.2, 0.25) is 0 Å². The highest BCUT2D eigenvalue weighted by Gasteiger charge is 2.27. The fourth-order valence-corrected chi connectivity index (χ4v) is 3.37. The molecule has 6 nitrogen and oxygen atoms in total. The van der Waals surface area contributed by atoms with Crippen LogP contribution in [0.25, 0.3) is 0 Å². The number of benzene rings is 1. The molecule has 0 saturated carbocycles. The molecular formula is C13H19N3O3S. The molecule has 7 heteroatoms. The summed E-state index contributed by atoms with van der Waals surface area (Å²) < 4.78 is 26.8. The van der Waals surface area contributed by atoms with Crippen LogP contribution in [0.1, 0.15) is 18.4 Å². The molecule has 110 valence electrons. The highest BCUT2D eigenvalue weighted by molar-refractivity contribution is 7.89. The van der Waals surface area contributed by atoms with Crippen LogP contribution in [0, 0.1) is 0 Å². The zero-order chi connectivity index (χ0) is 14.6. The van der Waals surface area contributed by atoms with Crippen LogP contribution in [0.15, 0.2) is 29.2 Å². The molecule has 1 saturated heterocycles. The number of sulfonamides is 1. The summed E-state index contributed by atoms with van der Waals surface area (Å²) >= 11 is 0. The summed E-state index contributed by atoms with van der Waals surface area (Å²) in [6, 6.07) is 5.87. The number of carbonyl (C=O) groups excluding carboxylic acids is 1. The van der Waals surface area contributed by atoms with Crippen molar-refractivity contribution >= 4 is 15.9 Å². The van der Waals surface area contributed by atoms with Gasteiger partial charge in [-0.25, -0.2) is 8.42 Å². The molecule has 1 aromatic rings. The van der Waals surface area contributed by atoms with Crippen molar-refractivity contribution in [2.45, 2.75) is 30.2 Å². The number of carbonyl (C=O) groups is 1. The van der Waals surface area contributed by atoms with Crippen molar-refractivity contribution < 1.29 is 13.2 Å². The van der Waals surface area contributed by atoms with Crippen molar-refractivity contribution in [2.75, 3.05) is 13.1 Å². The summed E-state index contributed by atoms with van der Waals surface area (Å²) in [6.45, 7) is 1.12. The molecule has 0 radical (unpaired) electrons. The molecule has 0 aromatic heterocycles. The third-order valence-electron chi connectivity index (χ3n) is 3.25. The first-order valence-electron chi connectivity index (χ1n) is 6.62. The predicted octanol–water partition coefficient (Wildman–Crippen LogP) is -0.255. The summed E-state index contributed by atoms with van der Waals surface area (Å²) in [7, 11) is -3.67. The Bertz CT molecular complexity index is 569. The average Bonchev–Trinajstić information content (AvgIpc) is 2.42. The molecule has 1 atom stereocenters. The van der Waals surface area contributed by atoms with Crippen LogP contribution in [-0.2, 0) is 21.2 Å². The Morgan fingerprint density at radius 3 is 2.60 bits per heavy atom. The molecule has 1 amide bonds. The zero-order valence-corrected chi connectivity index (χ0v) is 11.9. The Labute approximate surface area is 118 Å². The maximum absolute atomic E-state index is 12.2. The van der Waals surface area contributed by atoms with Gasteiger partial charge in [0.15, 0.2) is 0 Å². The lowest BCUT2D eigenvalue weighted by molar-refractivity contribution is -0.124. The number of nitrogens with one attached hydrogen (secondary N) is 2. The molecule has 0 aliphatic carbocycles. The maximum atomic E-state index is 12.2. The van der Waals surface area contributed by atoms with Crippen LogP contribution < -0.4 is 15.8 Å². The van der Waals surface area contributed by atoms with E-state index in [1.807, 2.05) is 0 Å². The molecule has 1 fully saturated rings. The van der Waals surface area contributed by atoms with E-state index in [-0.39, 0.29) is 10.8 Å². The van der Waals surface area contributed by atoms with E-state index >= 15 is 0 Å². The van der Waals surface area contributed by atoms with Gasteiger partial charge in [0.25, 0.3) is 0 Å². The van der Waals surface area contributed by atoms with E-state index in [1.54, 1.807) is 12.1 Å². The molecule has 0 spiro atoms. The van der Waals surface area contributed by atoms with E-state index in [2.05, 4.69) is 10.0 Å². The minimum Gasteiger partial charge on any atom is -0.355 e. The number of hydrogen-bond donors (Lipinski definition) is 3. The van der Waals surface area contributed by atoms with Crippen LogP contribution >= 0.6 is 0 Å². The Hall–Kier alpha value is -1.44. The van der Waals surface area contributed by atoms with E-state index in [1.165, 1.54) is 12.1 Å². The maximum Gasteiger partial charge on any atom is 0.241 e. The van der Waals surface area contributed by atoms with Crippen molar-refractivity contribution in [3.8, 4) is 0 Å². The smallest absolute Gasteiger partial charge is 0.241 e. The molecule has 4 N–H and O–H groups in total. The number of rotatable bonds is 5. The second kappa shape index (κ2) is 6.34. The lowest BCUT2D eigenvalue weighted by Gasteiger charge is -2.22. The summed E-state index contributed by atoms with van der Waals surface area (Å²) in [5.74, 6) is -0.264. The predicted molar refractivity (Wildman–Crippen MR) is 75.6 cm³/mol. The van der Waals surface area contributed by atoms with Crippen molar-refractivity contribution in [1.82, 2.24) is 10.0 Å². The average molecular weight is 297 g/mol. The summed E-state index contributed by atoms with van der Waals surface area (Å²) in [4.78, 5) is 11.8. The van der Waals surface area contributed by atoms with Gasteiger partial charge in [-0.2, -0.15) is 4.72 Å². The minimum atomic E-state index is -3.67. The van der Waals surface area contributed by atoms with E-state index in [0.29, 0.717) is 25.9 Å². The SMILES string of the molecule is NCCc1ccc(S(=O)(=O)NC2CCCNC2=O)cc1. The normalized spacial score (nSPS) is 19.6.